The standard InChI is InChI=1S/C63H108O6/c1-4-7-10-13-16-19-22-25-28-31-34-37-40-43-46-49-52-55-61(64)67-58-60(69-63(66)57-54-51-48-45-42-39-36-33-30-27-24-21-18-15-12-9-6-3)59-68-62(65)56-53-50-47-44-41-38-35-32-29-26-23-20-17-14-11-8-5-2/h16,18-19,21,25-30,35,38,44,47,60H,4-15,17,20,22-24,31-34,36-37,39-43,45-46,48-59H2,1-3H3/b19-16-,21-18-,28-25-,29-26-,30-27-,38-35-,47-44-. The van der Waals surface area contributed by atoms with Gasteiger partial charge < -0.3 is 14.2 Å². The summed E-state index contributed by atoms with van der Waals surface area (Å²) in [5.74, 6) is -0.963. The number of ether oxygens (including phenoxy) is 3. The van der Waals surface area contributed by atoms with Crippen LogP contribution < -0.4 is 0 Å². The predicted octanol–water partition coefficient (Wildman–Crippen LogP) is 19.5. The molecule has 396 valence electrons. The van der Waals surface area contributed by atoms with Crippen molar-refractivity contribution in [3.63, 3.8) is 0 Å². The highest BCUT2D eigenvalue weighted by Crippen LogP contribution is 2.14. The van der Waals surface area contributed by atoms with Crippen molar-refractivity contribution in [2.24, 2.45) is 0 Å². The van der Waals surface area contributed by atoms with Crippen LogP contribution in [0.15, 0.2) is 85.1 Å². The third kappa shape index (κ3) is 55.4. The van der Waals surface area contributed by atoms with Gasteiger partial charge in [-0.2, -0.15) is 0 Å². The molecule has 69 heavy (non-hydrogen) atoms. The minimum Gasteiger partial charge on any atom is -0.462 e. The molecule has 0 radical (unpaired) electrons. The van der Waals surface area contributed by atoms with Crippen LogP contribution in [0.3, 0.4) is 0 Å². The van der Waals surface area contributed by atoms with Crippen LogP contribution in [-0.2, 0) is 28.6 Å². The number of hydrogen-bond donors (Lipinski definition) is 0. The molecule has 0 aromatic heterocycles. The molecule has 1 atom stereocenters. The summed E-state index contributed by atoms with van der Waals surface area (Å²) in [6, 6.07) is 0. The van der Waals surface area contributed by atoms with E-state index in [1.54, 1.807) is 0 Å². The third-order valence-electron chi connectivity index (χ3n) is 12.3. The van der Waals surface area contributed by atoms with Crippen molar-refractivity contribution in [1.29, 1.82) is 0 Å². The van der Waals surface area contributed by atoms with Gasteiger partial charge in [0.25, 0.3) is 0 Å². The Kier molecular flexibility index (Phi) is 54.3. The normalized spacial score (nSPS) is 12.7. The SMILES string of the molecule is CCCCC/C=C\C/C=C\CCCCCCCCCC(=O)OCC(COC(=O)CCC/C=C\C/C=C\C/C=C\CCCCCCCC)OC(=O)CCCCCCCCC/C=C\C/C=C\CCCCC. The molecule has 0 aliphatic rings. The summed E-state index contributed by atoms with van der Waals surface area (Å²) in [5.41, 5.74) is 0. The number of hydrogen-bond acceptors (Lipinski definition) is 6. The Labute approximate surface area is 426 Å². The highest BCUT2D eigenvalue weighted by molar-refractivity contribution is 5.71. The molecule has 0 aliphatic carbocycles. The molecule has 0 amide bonds. The van der Waals surface area contributed by atoms with Crippen molar-refractivity contribution in [1.82, 2.24) is 0 Å². The lowest BCUT2D eigenvalue weighted by Crippen LogP contribution is -2.30. The largest absolute Gasteiger partial charge is 0.462 e. The lowest BCUT2D eigenvalue weighted by Gasteiger charge is -2.18. The third-order valence-corrected chi connectivity index (χ3v) is 12.3. The Bertz CT molecular complexity index is 1330. The van der Waals surface area contributed by atoms with Gasteiger partial charge in [0, 0.05) is 19.3 Å². The van der Waals surface area contributed by atoms with Crippen LogP contribution in [0.2, 0.25) is 0 Å². The number of rotatable bonds is 52. The summed E-state index contributed by atoms with van der Waals surface area (Å²) in [4.78, 5) is 38.2. The highest BCUT2D eigenvalue weighted by Gasteiger charge is 2.19. The van der Waals surface area contributed by atoms with Crippen molar-refractivity contribution in [2.75, 3.05) is 13.2 Å². The summed E-state index contributed by atoms with van der Waals surface area (Å²) >= 11 is 0. The second-order valence-electron chi connectivity index (χ2n) is 19.2. The van der Waals surface area contributed by atoms with E-state index in [1.165, 1.54) is 148 Å². The molecule has 0 aromatic rings. The number of allylic oxidation sites excluding steroid dienone is 14. The Morgan fingerprint density at radius 1 is 0.290 bits per heavy atom. The second-order valence-corrected chi connectivity index (χ2v) is 19.2. The maximum atomic E-state index is 12.9. The number of carbonyl (C=O) groups excluding carboxylic acids is 3. The van der Waals surface area contributed by atoms with Crippen molar-refractivity contribution in [2.45, 2.75) is 284 Å². The van der Waals surface area contributed by atoms with Crippen LogP contribution in [0.1, 0.15) is 278 Å². The summed E-state index contributed by atoms with van der Waals surface area (Å²) < 4.78 is 16.8. The minimum absolute atomic E-state index is 0.0995. The zero-order chi connectivity index (χ0) is 50.0. The average molecular weight is 962 g/mol. The van der Waals surface area contributed by atoms with Gasteiger partial charge in [0.2, 0.25) is 0 Å². The first-order valence-corrected chi connectivity index (χ1v) is 29.1. The molecule has 0 heterocycles. The van der Waals surface area contributed by atoms with Gasteiger partial charge in [0.05, 0.1) is 0 Å². The van der Waals surface area contributed by atoms with E-state index in [1.807, 2.05) is 0 Å². The van der Waals surface area contributed by atoms with Crippen molar-refractivity contribution in [3.05, 3.63) is 85.1 Å². The monoisotopic (exact) mass is 961 g/mol. The number of unbranched alkanes of at least 4 members (excludes halogenated alkanes) is 27. The Morgan fingerprint density at radius 3 is 0.899 bits per heavy atom. The first-order chi connectivity index (χ1) is 34.0. The van der Waals surface area contributed by atoms with Gasteiger partial charge >= 0.3 is 17.9 Å². The molecule has 0 aromatic carbocycles. The molecule has 0 spiro atoms. The average Bonchev–Trinajstić information content (AvgIpc) is 3.35. The molecular formula is C63H108O6. The van der Waals surface area contributed by atoms with E-state index in [2.05, 4.69) is 106 Å². The highest BCUT2D eigenvalue weighted by atomic mass is 16.6. The molecule has 0 aliphatic heterocycles. The molecule has 0 bridgehead atoms. The van der Waals surface area contributed by atoms with Gasteiger partial charge in [0.1, 0.15) is 13.2 Å². The zero-order valence-electron chi connectivity index (χ0n) is 45.3. The topological polar surface area (TPSA) is 78.9 Å². The molecular weight excluding hydrogens is 853 g/mol. The van der Waals surface area contributed by atoms with Gasteiger partial charge in [-0.3, -0.25) is 14.4 Å². The number of esters is 3. The molecule has 0 N–H and O–H groups in total. The van der Waals surface area contributed by atoms with Crippen molar-refractivity contribution < 1.29 is 28.6 Å². The van der Waals surface area contributed by atoms with E-state index < -0.39 is 6.10 Å². The summed E-state index contributed by atoms with van der Waals surface area (Å²) in [7, 11) is 0. The fourth-order valence-corrected chi connectivity index (χ4v) is 7.93. The van der Waals surface area contributed by atoms with Crippen LogP contribution in [0.4, 0.5) is 0 Å². The van der Waals surface area contributed by atoms with Gasteiger partial charge in [-0.15, -0.1) is 0 Å². The predicted molar refractivity (Wildman–Crippen MR) is 297 cm³/mol. The first-order valence-electron chi connectivity index (χ1n) is 29.1. The van der Waals surface area contributed by atoms with E-state index in [4.69, 9.17) is 14.2 Å². The maximum absolute atomic E-state index is 12.9. The van der Waals surface area contributed by atoms with Crippen LogP contribution in [0.25, 0.3) is 0 Å². The van der Waals surface area contributed by atoms with Crippen molar-refractivity contribution in [3.8, 4) is 0 Å². The lowest BCUT2D eigenvalue weighted by molar-refractivity contribution is -0.167. The molecule has 0 saturated carbocycles. The summed E-state index contributed by atoms with van der Waals surface area (Å²) in [6.45, 7) is 6.54. The molecule has 1 unspecified atom stereocenters. The maximum Gasteiger partial charge on any atom is 0.306 e. The summed E-state index contributed by atoms with van der Waals surface area (Å²) in [6.07, 6.45) is 74.3. The Hall–Kier alpha value is -3.41. The quantitative estimate of drug-likeness (QED) is 0.0262. The van der Waals surface area contributed by atoms with E-state index in [0.717, 1.165) is 83.5 Å². The molecule has 0 saturated heterocycles. The summed E-state index contributed by atoms with van der Waals surface area (Å²) in [5, 5.41) is 0. The Balaban J connectivity index is 4.48. The van der Waals surface area contributed by atoms with Crippen LogP contribution in [0, 0.1) is 0 Å². The van der Waals surface area contributed by atoms with Crippen molar-refractivity contribution >= 4 is 17.9 Å². The van der Waals surface area contributed by atoms with Crippen LogP contribution in [-0.4, -0.2) is 37.2 Å². The molecule has 0 rings (SSSR count). The lowest BCUT2D eigenvalue weighted by atomic mass is 10.1. The van der Waals surface area contributed by atoms with E-state index in [-0.39, 0.29) is 37.5 Å². The first kappa shape index (κ1) is 65.6. The molecule has 6 heteroatoms. The smallest absolute Gasteiger partial charge is 0.306 e. The van der Waals surface area contributed by atoms with E-state index >= 15 is 0 Å². The molecule has 0 fully saturated rings. The van der Waals surface area contributed by atoms with E-state index in [0.29, 0.717) is 19.3 Å². The minimum atomic E-state index is -0.805. The Morgan fingerprint density at radius 2 is 0.536 bits per heavy atom. The van der Waals surface area contributed by atoms with Crippen LogP contribution in [0.5, 0.6) is 0 Å². The second kappa shape index (κ2) is 57.2. The fourth-order valence-electron chi connectivity index (χ4n) is 7.93. The van der Waals surface area contributed by atoms with Crippen LogP contribution >= 0.6 is 0 Å². The van der Waals surface area contributed by atoms with Gasteiger partial charge in [-0.1, -0.05) is 228 Å². The van der Waals surface area contributed by atoms with Gasteiger partial charge in [-0.05, 0) is 116 Å². The van der Waals surface area contributed by atoms with Gasteiger partial charge in [-0.25, -0.2) is 0 Å². The molecule has 6 nitrogen and oxygen atoms in total. The zero-order valence-corrected chi connectivity index (χ0v) is 45.3. The fraction of sp³-hybridized carbons (Fsp3) is 0.730. The number of carbonyl (C=O) groups is 3. The van der Waals surface area contributed by atoms with Gasteiger partial charge in [0.15, 0.2) is 6.10 Å². The van der Waals surface area contributed by atoms with E-state index in [9.17, 15) is 14.4 Å².